The Kier molecular flexibility index (Phi) is 2.63. The predicted octanol–water partition coefficient (Wildman–Crippen LogP) is 1.29. The lowest BCUT2D eigenvalue weighted by Gasteiger charge is -2.04. The number of hydrogen-bond donors (Lipinski definition) is 1. The molecule has 6 nitrogen and oxygen atoms in total. The van der Waals surface area contributed by atoms with Crippen LogP contribution in [0.15, 0.2) is 12.1 Å². The Hall–Kier alpha value is -2.24. The van der Waals surface area contributed by atoms with Crippen molar-refractivity contribution in [2.75, 3.05) is 0 Å². The standard InChI is InChI=1S/C11H12N4O2/c1-6-5-9(10(16)17)13-11(12-6)15-8(3)4-7(2)14-15/h4-5H,1-3H3,(H,16,17). The minimum Gasteiger partial charge on any atom is -0.477 e. The average Bonchev–Trinajstić information content (AvgIpc) is 2.57. The van der Waals surface area contributed by atoms with Crippen LogP contribution in [0.2, 0.25) is 0 Å². The normalized spacial score (nSPS) is 10.5. The third-order valence-electron chi connectivity index (χ3n) is 2.26. The van der Waals surface area contributed by atoms with Gasteiger partial charge in [-0.3, -0.25) is 0 Å². The van der Waals surface area contributed by atoms with E-state index in [1.54, 1.807) is 6.92 Å². The second-order valence-electron chi connectivity index (χ2n) is 3.84. The molecular weight excluding hydrogens is 220 g/mol. The summed E-state index contributed by atoms with van der Waals surface area (Å²) in [5, 5.41) is 13.2. The Balaban J connectivity index is 2.59. The molecule has 0 radical (unpaired) electrons. The molecule has 0 aliphatic heterocycles. The van der Waals surface area contributed by atoms with E-state index in [1.807, 2.05) is 19.9 Å². The van der Waals surface area contributed by atoms with E-state index in [1.165, 1.54) is 10.7 Å². The summed E-state index contributed by atoms with van der Waals surface area (Å²) in [6.45, 7) is 5.45. The van der Waals surface area contributed by atoms with E-state index in [2.05, 4.69) is 15.1 Å². The number of hydrogen-bond acceptors (Lipinski definition) is 4. The van der Waals surface area contributed by atoms with Crippen LogP contribution in [0.25, 0.3) is 5.95 Å². The lowest BCUT2D eigenvalue weighted by molar-refractivity contribution is 0.0690. The fraction of sp³-hybridized carbons (Fsp3) is 0.273. The molecule has 0 bridgehead atoms. The highest BCUT2D eigenvalue weighted by Crippen LogP contribution is 2.09. The molecule has 2 rings (SSSR count). The minimum atomic E-state index is -1.07. The quantitative estimate of drug-likeness (QED) is 0.843. The van der Waals surface area contributed by atoms with Crippen molar-refractivity contribution < 1.29 is 9.90 Å². The Morgan fingerprint density at radius 1 is 1.18 bits per heavy atom. The van der Waals surface area contributed by atoms with Crippen LogP contribution in [0.4, 0.5) is 0 Å². The van der Waals surface area contributed by atoms with Gasteiger partial charge in [-0.25, -0.2) is 19.4 Å². The molecule has 1 N–H and O–H groups in total. The summed E-state index contributed by atoms with van der Waals surface area (Å²) >= 11 is 0. The first-order chi connectivity index (χ1) is 7.97. The zero-order valence-electron chi connectivity index (χ0n) is 9.80. The van der Waals surface area contributed by atoms with Crippen LogP contribution in [-0.2, 0) is 0 Å². The van der Waals surface area contributed by atoms with Crippen molar-refractivity contribution in [1.82, 2.24) is 19.7 Å². The first-order valence-corrected chi connectivity index (χ1v) is 5.10. The van der Waals surface area contributed by atoms with Gasteiger partial charge in [0.2, 0.25) is 0 Å². The molecule has 0 amide bonds. The highest BCUT2D eigenvalue weighted by atomic mass is 16.4. The molecule has 2 aromatic heterocycles. The molecule has 0 spiro atoms. The number of carboxylic acids is 1. The Morgan fingerprint density at radius 2 is 1.88 bits per heavy atom. The van der Waals surface area contributed by atoms with E-state index in [-0.39, 0.29) is 11.6 Å². The average molecular weight is 232 g/mol. The first kappa shape index (κ1) is 11.3. The number of aryl methyl sites for hydroxylation is 3. The molecule has 0 saturated carbocycles. The SMILES string of the molecule is Cc1cc(C(=O)O)nc(-n2nc(C)cc2C)n1. The number of carboxylic acid groups (broad SMARTS) is 1. The smallest absolute Gasteiger partial charge is 0.354 e. The van der Waals surface area contributed by atoms with E-state index >= 15 is 0 Å². The van der Waals surface area contributed by atoms with Crippen molar-refractivity contribution in [3.05, 3.63) is 34.9 Å². The van der Waals surface area contributed by atoms with Crippen LogP contribution < -0.4 is 0 Å². The molecule has 2 aromatic rings. The maximum atomic E-state index is 10.9. The van der Waals surface area contributed by atoms with Crippen LogP contribution >= 0.6 is 0 Å². The van der Waals surface area contributed by atoms with E-state index in [0.717, 1.165) is 11.4 Å². The van der Waals surface area contributed by atoms with Gasteiger partial charge in [0, 0.05) is 11.4 Å². The lowest BCUT2D eigenvalue weighted by atomic mass is 10.3. The van der Waals surface area contributed by atoms with Gasteiger partial charge in [0.05, 0.1) is 5.69 Å². The van der Waals surface area contributed by atoms with Crippen LogP contribution in [0, 0.1) is 20.8 Å². The molecule has 0 aliphatic carbocycles. The van der Waals surface area contributed by atoms with Crippen molar-refractivity contribution in [2.24, 2.45) is 0 Å². The van der Waals surface area contributed by atoms with Gasteiger partial charge in [0.25, 0.3) is 5.95 Å². The van der Waals surface area contributed by atoms with E-state index < -0.39 is 5.97 Å². The topological polar surface area (TPSA) is 80.9 Å². The maximum Gasteiger partial charge on any atom is 0.354 e. The third kappa shape index (κ3) is 2.15. The summed E-state index contributed by atoms with van der Waals surface area (Å²) in [6, 6.07) is 3.31. The number of rotatable bonds is 2. The fourth-order valence-corrected chi connectivity index (χ4v) is 1.59. The lowest BCUT2D eigenvalue weighted by Crippen LogP contribution is -2.10. The Morgan fingerprint density at radius 3 is 2.41 bits per heavy atom. The van der Waals surface area contributed by atoms with Gasteiger partial charge in [-0.2, -0.15) is 5.10 Å². The number of carbonyl (C=O) groups is 1. The van der Waals surface area contributed by atoms with Crippen molar-refractivity contribution in [3.8, 4) is 5.95 Å². The number of aromatic carboxylic acids is 1. The minimum absolute atomic E-state index is 0.0277. The predicted molar refractivity (Wildman–Crippen MR) is 60.3 cm³/mol. The number of aromatic nitrogens is 4. The van der Waals surface area contributed by atoms with Crippen molar-refractivity contribution in [3.63, 3.8) is 0 Å². The molecule has 6 heteroatoms. The summed E-state index contributed by atoms with van der Waals surface area (Å²) < 4.78 is 1.54. The van der Waals surface area contributed by atoms with Crippen LogP contribution in [0.5, 0.6) is 0 Å². The van der Waals surface area contributed by atoms with Crippen LogP contribution in [0.3, 0.4) is 0 Å². The van der Waals surface area contributed by atoms with Gasteiger partial charge in [-0.15, -0.1) is 0 Å². The molecule has 0 aliphatic rings. The third-order valence-corrected chi connectivity index (χ3v) is 2.26. The Labute approximate surface area is 98.0 Å². The molecule has 17 heavy (non-hydrogen) atoms. The highest BCUT2D eigenvalue weighted by Gasteiger charge is 2.12. The van der Waals surface area contributed by atoms with Gasteiger partial charge in [0.1, 0.15) is 0 Å². The molecule has 0 fully saturated rings. The molecule has 0 atom stereocenters. The fourth-order valence-electron chi connectivity index (χ4n) is 1.59. The van der Waals surface area contributed by atoms with Crippen molar-refractivity contribution in [1.29, 1.82) is 0 Å². The van der Waals surface area contributed by atoms with Gasteiger partial charge in [0.15, 0.2) is 5.69 Å². The molecule has 2 heterocycles. The molecule has 0 saturated heterocycles. The molecule has 0 unspecified atom stereocenters. The van der Waals surface area contributed by atoms with Gasteiger partial charge in [-0.1, -0.05) is 0 Å². The number of nitrogens with zero attached hydrogens (tertiary/aromatic N) is 4. The summed E-state index contributed by atoms with van der Waals surface area (Å²) in [5.41, 5.74) is 2.27. The van der Waals surface area contributed by atoms with Crippen LogP contribution in [0.1, 0.15) is 27.6 Å². The van der Waals surface area contributed by atoms with E-state index in [9.17, 15) is 4.79 Å². The summed E-state index contributed by atoms with van der Waals surface area (Å²) in [6.07, 6.45) is 0. The first-order valence-electron chi connectivity index (χ1n) is 5.10. The van der Waals surface area contributed by atoms with E-state index in [4.69, 9.17) is 5.11 Å². The second kappa shape index (κ2) is 3.97. The second-order valence-corrected chi connectivity index (χ2v) is 3.84. The maximum absolute atomic E-state index is 10.9. The van der Waals surface area contributed by atoms with Gasteiger partial charge < -0.3 is 5.11 Å². The summed E-state index contributed by atoms with van der Waals surface area (Å²) in [5.74, 6) is -0.786. The van der Waals surface area contributed by atoms with E-state index in [0.29, 0.717) is 5.69 Å². The van der Waals surface area contributed by atoms with Gasteiger partial charge >= 0.3 is 5.97 Å². The Bertz CT molecular complexity index is 589. The molecule has 0 aromatic carbocycles. The largest absolute Gasteiger partial charge is 0.477 e. The molecule has 88 valence electrons. The monoisotopic (exact) mass is 232 g/mol. The zero-order valence-corrected chi connectivity index (χ0v) is 9.80. The zero-order chi connectivity index (χ0) is 12.6. The summed E-state index contributed by atoms with van der Waals surface area (Å²) in [4.78, 5) is 19.1. The van der Waals surface area contributed by atoms with Crippen molar-refractivity contribution in [2.45, 2.75) is 20.8 Å². The van der Waals surface area contributed by atoms with Crippen LogP contribution in [-0.4, -0.2) is 30.8 Å². The van der Waals surface area contributed by atoms with Gasteiger partial charge in [-0.05, 0) is 32.9 Å². The highest BCUT2D eigenvalue weighted by molar-refractivity contribution is 5.85. The molecular formula is C11H12N4O2. The van der Waals surface area contributed by atoms with Crippen molar-refractivity contribution >= 4 is 5.97 Å². The summed E-state index contributed by atoms with van der Waals surface area (Å²) in [7, 11) is 0.